The van der Waals surface area contributed by atoms with E-state index in [1.807, 2.05) is 0 Å². The number of ether oxygens (including phenoxy) is 1. The second kappa shape index (κ2) is 4.56. The molecule has 1 aromatic rings. The fourth-order valence-corrected chi connectivity index (χ4v) is 1.36. The molecule has 1 heterocycles. The predicted molar refractivity (Wildman–Crippen MR) is 49.9 cm³/mol. The van der Waals surface area contributed by atoms with Crippen molar-refractivity contribution in [1.29, 1.82) is 0 Å². The summed E-state index contributed by atoms with van der Waals surface area (Å²) in [5.41, 5.74) is -0.147. The monoisotopic (exact) mass is 216 g/mol. The van der Waals surface area contributed by atoms with Gasteiger partial charge in [-0.15, -0.1) is 0 Å². The molecule has 0 bridgehead atoms. The molecule has 6 nitrogen and oxygen atoms in total. The van der Waals surface area contributed by atoms with Crippen molar-refractivity contribution in [3.8, 4) is 0 Å². The number of nitrogens with zero attached hydrogens (tertiary/aromatic N) is 1. The molecule has 76 valence electrons. The second-order valence-corrected chi connectivity index (χ2v) is 3.07. The Morgan fingerprint density at radius 1 is 1.79 bits per heavy atom. The quantitative estimate of drug-likeness (QED) is 0.326. The van der Waals surface area contributed by atoms with Crippen LogP contribution in [0.1, 0.15) is 12.6 Å². The van der Waals surface area contributed by atoms with Crippen LogP contribution in [-0.2, 0) is 9.53 Å². The van der Waals surface area contributed by atoms with Crippen molar-refractivity contribution >= 4 is 23.0 Å². The van der Waals surface area contributed by atoms with Gasteiger partial charge < -0.3 is 14.9 Å². The summed E-state index contributed by atoms with van der Waals surface area (Å²) >= 11 is 0.873. The molecule has 14 heavy (non-hydrogen) atoms. The average Bonchev–Trinajstić information content (AvgIpc) is 2.54. The van der Waals surface area contributed by atoms with Crippen molar-refractivity contribution in [2.45, 2.75) is 6.92 Å². The molecule has 0 fully saturated rings. The van der Waals surface area contributed by atoms with Crippen LogP contribution in [0.15, 0.2) is 15.3 Å². The number of aromatic amines is 1. The molecular weight excluding hydrogens is 208 g/mol. The van der Waals surface area contributed by atoms with E-state index in [0.29, 0.717) is 0 Å². The molecule has 0 atom stereocenters. The van der Waals surface area contributed by atoms with E-state index in [2.05, 4.69) is 14.9 Å². The van der Waals surface area contributed by atoms with E-state index in [9.17, 15) is 9.59 Å². The Morgan fingerprint density at radius 2 is 2.50 bits per heavy atom. The molecule has 7 heteroatoms. The maximum Gasteiger partial charge on any atom is 0.362 e. The molecule has 0 saturated heterocycles. The normalized spacial score (nSPS) is 11.4. The third kappa shape index (κ3) is 2.19. The number of aromatic nitrogens is 1. The van der Waals surface area contributed by atoms with Crippen molar-refractivity contribution in [2.24, 2.45) is 5.16 Å². The van der Waals surface area contributed by atoms with Crippen molar-refractivity contribution in [3.63, 3.8) is 0 Å². The van der Waals surface area contributed by atoms with Gasteiger partial charge in [0.1, 0.15) is 0 Å². The molecule has 0 saturated carbocycles. The molecule has 0 aliphatic carbocycles. The van der Waals surface area contributed by atoms with Gasteiger partial charge in [-0.2, -0.15) is 0 Å². The van der Waals surface area contributed by atoms with E-state index in [1.54, 1.807) is 6.92 Å². The third-order valence-corrected chi connectivity index (χ3v) is 2.01. The molecule has 2 N–H and O–H groups in total. The number of hydrogen-bond donors (Lipinski definition) is 2. The fourth-order valence-electron chi connectivity index (χ4n) is 0.800. The Labute approximate surface area is 82.8 Å². The van der Waals surface area contributed by atoms with Gasteiger partial charge in [0.25, 0.3) is 0 Å². The van der Waals surface area contributed by atoms with Crippen molar-refractivity contribution in [3.05, 3.63) is 20.7 Å². The topological polar surface area (TPSA) is 91.8 Å². The number of hydrogen-bond acceptors (Lipinski definition) is 6. The third-order valence-electron chi connectivity index (χ3n) is 1.34. The number of oxime groups is 1. The molecule has 0 amide bonds. The predicted octanol–water partition coefficient (Wildman–Crippen LogP) is 0.178. The number of rotatable bonds is 3. The van der Waals surface area contributed by atoms with Crippen LogP contribution in [0.4, 0.5) is 0 Å². The number of esters is 1. The van der Waals surface area contributed by atoms with Crippen molar-refractivity contribution in [2.75, 3.05) is 6.61 Å². The van der Waals surface area contributed by atoms with E-state index in [4.69, 9.17) is 5.21 Å². The number of thiazole rings is 1. The molecular formula is C7H8N2O4S. The van der Waals surface area contributed by atoms with Crippen molar-refractivity contribution < 1.29 is 14.7 Å². The molecule has 0 radical (unpaired) electrons. The van der Waals surface area contributed by atoms with E-state index < -0.39 is 5.97 Å². The number of carbonyl (C=O) groups is 1. The molecule has 1 aromatic heterocycles. The first kappa shape index (κ1) is 10.5. The second-order valence-electron chi connectivity index (χ2n) is 2.23. The maximum atomic E-state index is 11.2. The highest BCUT2D eigenvalue weighted by atomic mass is 32.1. The summed E-state index contributed by atoms with van der Waals surface area (Å²) in [6.45, 7) is 1.80. The Bertz CT molecular complexity index is 406. The zero-order chi connectivity index (χ0) is 10.6. The van der Waals surface area contributed by atoms with E-state index in [1.165, 1.54) is 5.38 Å². The van der Waals surface area contributed by atoms with Crippen LogP contribution in [-0.4, -0.2) is 28.5 Å². The lowest BCUT2D eigenvalue weighted by atomic mass is 10.3. The van der Waals surface area contributed by atoms with Gasteiger partial charge in [-0.3, -0.25) is 4.79 Å². The SMILES string of the molecule is CCOC(=O)/C(=N\O)c1csc(=O)[nH]1. The number of H-pyrrole nitrogens is 1. The average molecular weight is 216 g/mol. The molecule has 0 aliphatic rings. The molecule has 0 spiro atoms. The Hall–Kier alpha value is -1.63. The summed E-state index contributed by atoms with van der Waals surface area (Å²) < 4.78 is 4.61. The molecule has 0 unspecified atom stereocenters. The Kier molecular flexibility index (Phi) is 3.41. The first-order valence-electron chi connectivity index (χ1n) is 3.76. The zero-order valence-electron chi connectivity index (χ0n) is 7.31. The first-order chi connectivity index (χ1) is 6.69. The van der Waals surface area contributed by atoms with Gasteiger partial charge in [-0.25, -0.2) is 4.79 Å². The van der Waals surface area contributed by atoms with Gasteiger partial charge in [0.05, 0.1) is 12.3 Å². The van der Waals surface area contributed by atoms with Crippen LogP contribution < -0.4 is 4.87 Å². The fraction of sp³-hybridized carbons (Fsp3) is 0.286. The minimum Gasteiger partial charge on any atom is -0.461 e. The summed E-state index contributed by atoms with van der Waals surface area (Å²) in [5.74, 6) is -0.774. The molecule has 1 rings (SSSR count). The molecule has 0 aliphatic heterocycles. The van der Waals surface area contributed by atoms with E-state index in [0.717, 1.165) is 11.3 Å². The lowest BCUT2D eigenvalue weighted by Crippen LogP contribution is -2.20. The van der Waals surface area contributed by atoms with Crippen LogP contribution in [0, 0.1) is 0 Å². The largest absolute Gasteiger partial charge is 0.461 e. The van der Waals surface area contributed by atoms with E-state index >= 15 is 0 Å². The molecule has 0 aromatic carbocycles. The van der Waals surface area contributed by atoms with Crippen LogP contribution in [0.5, 0.6) is 0 Å². The lowest BCUT2D eigenvalue weighted by molar-refractivity contribution is -0.135. The summed E-state index contributed by atoms with van der Waals surface area (Å²) in [7, 11) is 0. The van der Waals surface area contributed by atoms with Gasteiger partial charge >= 0.3 is 10.8 Å². The highest BCUT2D eigenvalue weighted by Gasteiger charge is 2.17. The zero-order valence-corrected chi connectivity index (χ0v) is 8.13. The maximum absolute atomic E-state index is 11.2. The smallest absolute Gasteiger partial charge is 0.362 e. The lowest BCUT2D eigenvalue weighted by Gasteiger charge is -2.00. The van der Waals surface area contributed by atoms with Gasteiger partial charge in [0, 0.05) is 5.38 Å². The van der Waals surface area contributed by atoms with Crippen LogP contribution in [0.25, 0.3) is 0 Å². The summed E-state index contributed by atoms with van der Waals surface area (Å²) in [6, 6.07) is 0. The van der Waals surface area contributed by atoms with E-state index in [-0.39, 0.29) is 22.9 Å². The number of nitrogens with one attached hydrogen (secondary N) is 1. The standard InChI is InChI=1S/C7H8N2O4S/c1-2-13-6(10)5(9-12)4-3-14-7(11)8-4/h3,12H,2H2,1H3,(H,8,11)/b9-5-. The summed E-state index contributed by atoms with van der Waals surface area (Å²) in [5, 5.41) is 12.7. The van der Waals surface area contributed by atoms with Gasteiger partial charge in [0.15, 0.2) is 0 Å². The van der Waals surface area contributed by atoms with Gasteiger partial charge in [-0.1, -0.05) is 16.5 Å². The number of carbonyl (C=O) groups excluding carboxylic acids is 1. The first-order valence-corrected chi connectivity index (χ1v) is 4.64. The van der Waals surface area contributed by atoms with Crippen molar-refractivity contribution in [1.82, 2.24) is 4.98 Å². The van der Waals surface area contributed by atoms with Crippen LogP contribution in [0.2, 0.25) is 0 Å². The summed E-state index contributed by atoms with van der Waals surface area (Å²) in [4.78, 5) is 23.9. The van der Waals surface area contributed by atoms with Crippen LogP contribution >= 0.6 is 11.3 Å². The summed E-state index contributed by atoms with van der Waals surface area (Å²) in [6.07, 6.45) is 0. The minimum absolute atomic E-state index is 0.154. The van der Waals surface area contributed by atoms with Crippen LogP contribution in [0.3, 0.4) is 0 Å². The highest BCUT2D eigenvalue weighted by molar-refractivity contribution is 7.07. The highest BCUT2D eigenvalue weighted by Crippen LogP contribution is 2.00. The van der Waals surface area contributed by atoms with Gasteiger partial charge in [-0.05, 0) is 6.92 Å². The van der Waals surface area contributed by atoms with Gasteiger partial charge in [0.2, 0.25) is 5.71 Å². The Balaban J connectivity index is 2.94. The minimum atomic E-state index is -0.774. The Morgan fingerprint density at radius 3 is 2.93 bits per heavy atom.